The molecule has 1 fully saturated rings. The van der Waals surface area contributed by atoms with Gasteiger partial charge in [0.05, 0.1) is 6.42 Å². The van der Waals surface area contributed by atoms with E-state index in [9.17, 15) is 4.79 Å². The lowest BCUT2D eigenvalue weighted by Crippen LogP contribution is -2.35. The van der Waals surface area contributed by atoms with Gasteiger partial charge in [0.25, 0.3) is 0 Å². The van der Waals surface area contributed by atoms with Crippen LogP contribution in [0.15, 0.2) is 18.2 Å². The van der Waals surface area contributed by atoms with E-state index >= 15 is 0 Å². The number of amides is 1. The van der Waals surface area contributed by atoms with Crippen LogP contribution in [-0.2, 0) is 11.2 Å². The summed E-state index contributed by atoms with van der Waals surface area (Å²) in [5.41, 5.74) is 2.07. The number of carbonyl (C=O) groups excluding carboxylic acids is 1. The Hall–Kier alpha value is -1.06. The number of halogens is 1. The Morgan fingerprint density at radius 3 is 3.00 bits per heavy atom. The van der Waals surface area contributed by atoms with E-state index in [2.05, 4.69) is 5.32 Å². The van der Waals surface area contributed by atoms with Gasteiger partial charge >= 0.3 is 0 Å². The Balaban J connectivity index is 1.71. The van der Waals surface area contributed by atoms with Crippen LogP contribution < -0.4 is 10.2 Å². The third kappa shape index (κ3) is 2.31. The number of nitrogens with zero attached hydrogens (tertiary/aromatic N) is 1. The lowest BCUT2D eigenvalue weighted by Gasteiger charge is -2.17. The van der Waals surface area contributed by atoms with Gasteiger partial charge in [0.15, 0.2) is 0 Å². The molecule has 2 aliphatic rings. The summed E-state index contributed by atoms with van der Waals surface area (Å²) in [7, 11) is 0. The zero-order valence-electron chi connectivity index (χ0n) is 9.58. The Labute approximate surface area is 106 Å². The second-order valence-corrected chi connectivity index (χ2v) is 5.16. The van der Waals surface area contributed by atoms with Crippen LogP contribution in [-0.4, -0.2) is 25.0 Å². The lowest BCUT2D eigenvalue weighted by molar-refractivity contribution is -0.117. The van der Waals surface area contributed by atoms with Crippen LogP contribution in [0.2, 0.25) is 5.02 Å². The second kappa shape index (κ2) is 4.31. The molecule has 0 unspecified atom stereocenters. The summed E-state index contributed by atoms with van der Waals surface area (Å²) in [6.45, 7) is 1.60. The molecule has 1 amide bonds. The second-order valence-electron chi connectivity index (χ2n) is 4.72. The molecule has 3 nitrogen and oxygen atoms in total. The number of anilines is 1. The number of fused-ring (bicyclic) bond motifs is 1. The van der Waals surface area contributed by atoms with Gasteiger partial charge in [-0.25, -0.2) is 0 Å². The first-order chi connectivity index (χ1) is 8.24. The van der Waals surface area contributed by atoms with Crippen LogP contribution in [0.25, 0.3) is 0 Å². The minimum absolute atomic E-state index is 0.180. The van der Waals surface area contributed by atoms with E-state index in [-0.39, 0.29) is 5.91 Å². The molecule has 0 radical (unpaired) electrons. The topological polar surface area (TPSA) is 32.3 Å². The molecule has 4 heteroatoms. The quantitative estimate of drug-likeness (QED) is 0.886. The number of nitrogens with one attached hydrogen (secondary N) is 1. The van der Waals surface area contributed by atoms with Gasteiger partial charge < -0.3 is 10.2 Å². The minimum Gasteiger partial charge on any atom is -0.312 e. The first kappa shape index (κ1) is 11.1. The normalized spacial score (nSPS) is 18.6. The molecular formula is C13H15ClN2O. The van der Waals surface area contributed by atoms with Gasteiger partial charge in [0, 0.05) is 29.8 Å². The first-order valence-electron chi connectivity index (χ1n) is 6.06. The zero-order chi connectivity index (χ0) is 11.8. The highest BCUT2D eigenvalue weighted by atomic mass is 35.5. The maximum Gasteiger partial charge on any atom is 0.231 e. The fourth-order valence-electron chi connectivity index (χ4n) is 2.24. The van der Waals surface area contributed by atoms with Crippen molar-refractivity contribution in [1.82, 2.24) is 5.32 Å². The maximum absolute atomic E-state index is 11.9. The Kier molecular flexibility index (Phi) is 2.81. The van der Waals surface area contributed by atoms with E-state index in [4.69, 9.17) is 11.6 Å². The molecule has 1 aliphatic carbocycles. The number of hydrogen-bond donors (Lipinski definition) is 1. The molecule has 1 aliphatic heterocycles. The summed E-state index contributed by atoms with van der Waals surface area (Å²) in [4.78, 5) is 13.7. The molecule has 0 spiro atoms. The molecule has 1 N–H and O–H groups in total. The maximum atomic E-state index is 11.9. The highest BCUT2D eigenvalue weighted by molar-refractivity contribution is 6.31. The zero-order valence-corrected chi connectivity index (χ0v) is 10.3. The summed E-state index contributed by atoms with van der Waals surface area (Å²) in [6, 6.07) is 6.37. The predicted molar refractivity (Wildman–Crippen MR) is 68.5 cm³/mol. The molecule has 17 heavy (non-hydrogen) atoms. The lowest BCUT2D eigenvalue weighted by atomic mass is 10.2. The van der Waals surface area contributed by atoms with E-state index in [0.717, 1.165) is 24.3 Å². The summed E-state index contributed by atoms with van der Waals surface area (Å²) < 4.78 is 0. The molecule has 0 bridgehead atoms. The van der Waals surface area contributed by atoms with Gasteiger partial charge in [0.2, 0.25) is 5.91 Å². The standard InChI is InChI=1S/C13H15ClN2O/c14-10-2-1-9-7-13(17)16(12(9)8-10)6-5-15-11-3-4-11/h1-2,8,11,15H,3-7H2. The summed E-state index contributed by atoms with van der Waals surface area (Å²) in [5, 5.41) is 4.12. The minimum atomic E-state index is 0.180. The number of rotatable bonds is 4. The smallest absolute Gasteiger partial charge is 0.231 e. The summed E-state index contributed by atoms with van der Waals surface area (Å²) in [5.74, 6) is 0.180. The van der Waals surface area contributed by atoms with Crippen molar-refractivity contribution in [2.45, 2.75) is 25.3 Å². The van der Waals surface area contributed by atoms with Crippen molar-refractivity contribution in [1.29, 1.82) is 0 Å². The fourth-order valence-corrected chi connectivity index (χ4v) is 2.41. The molecule has 0 saturated heterocycles. The van der Waals surface area contributed by atoms with E-state index < -0.39 is 0 Å². The van der Waals surface area contributed by atoms with Crippen LogP contribution in [0.4, 0.5) is 5.69 Å². The van der Waals surface area contributed by atoms with Gasteiger partial charge in [-0.2, -0.15) is 0 Å². The monoisotopic (exact) mass is 250 g/mol. The van der Waals surface area contributed by atoms with Crippen molar-refractivity contribution < 1.29 is 4.79 Å². The largest absolute Gasteiger partial charge is 0.312 e. The van der Waals surface area contributed by atoms with Crippen LogP contribution in [0.5, 0.6) is 0 Å². The van der Waals surface area contributed by atoms with Gasteiger partial charge in [0.1, 0.15) is 0 Å². The van der Waals surface area contributed by atoms with Crippen molar-refractivity contribution in [3.63, 3.8) is 0 Å². The molecule has 1 aromatic carbocycles. The van der Waals surface area contributed by atoms with Crippen molar-refractivity contribution in [2.24, 2.45) is 0 Å². The molecule has 90 valence electrons. The van der Waals surface area contributed by atoms with Crippen molar-refractivity contribution in [3.05, 3.63) is 28.8 Å². The number of hydrogen-bond acceptors (Lipinski definition) is 2. The van der Waals surface area contributed by atoms with Crippen molar-refractivity contribution in [2.75, 3.05) is 18.0 Å². The number of benzene rings is 1. The van der Waals surface area contributed by atoms with Gasteiger partial charge in [-0.15, -0.1) is 0 Å². The third-order valence-electron chi connectivity index (χ3n) is 3.33. The average molecular weight is 251 g/mol. The molecule has 0 aromatic heterocycles. The number of carbonyl (C=O) groups is 1. The Morgan fingerprint density at radius 2 is 2.24 bits per heavy atom. The average Bonchev–Trinajstić information content (AvgIpc) is 3.06. The molecule has 1 saturated carbocycles. The highest BCUT2D eigenvalue weighted by Gasteiger charge is 2.27. The first-order valence-corrected chi connectivity index (χ1v) is 6.44. The van der Waals surface area contributed by atoms with E-state index in [1.807, 2.05) is 23.1 Å². The van der Waals surface area contributed by atoms with Gasteiger partial charge in [-0.3, -0.25) is 4.79 Å². The fraction of sp³-hybridized carbons (Fsp3) is 0.462. The highest BCUT2D eigenvalue weighted by Crippen LogP contribution is 2.31. The molecule has 0 atom stereocenters. The van der Waals surface area contributed by atoms with E-state index in [1.54, 1.807) is 0 Å². The molecular weight excluding hydrogens is 236 g/mol. The van der Waals surface area contributed by atoms with E-state index in [0.29, 0.717) is 17.5 Å². The van der Waals surface area contributed by atoms with Crippen molar-refractivity contribution >= 4 is 23.2 Å². The van der Waals surface area contributed by atoms with Crippen molar-refractivity contribution in [3.8, 4) is 0 Å². The van der Waals surface area contributed by atoms with Gasteiger partial charge in [-0.05, 0) is 30.5 Å². The van der Waals surface area contributed by atoms with Crippen LogP contribution in [0.1, 0.15) is 18.4 Å². The SMILES string of the molecule is O=C1Cc2ccc(Cl)cc2N1CCNC1CC1. The summed E-state index contributed by atoms with van der Waals surface area (Å²) >= 11 is 5.98. The van der Waals surface area contributed by atoms with Crippen LogP contribution in [0.3, 0.4) is 0 Å². The Morgan fingerprint density at radius 1 is 1.41 bits per heavy atom. The third-order valence-corrected chi connectivity index (χ3v) is 3.56. The molecule has 3 rings (SSSR count). The van der Waals surface area contributed by atoms with Gasteiger partial charge in [-0.1, -0.05) is 17.7 Å². The molecule has 1 aromatic rings. The predicted octanol–water partition coefficient (Wildman–Crippen LogP) is 1.98. The Bertz CT molecular complexity index is 457. The van der Waals surface area contributed by atoms with E-state index in [1.165, 1.54) is 12.8 Å². The molecule has 1 heterocycles. The summed E-state index contributed by atoms with van der Waals surface area (Å²) in [6.07, 6.45) is 3.06. The van der Waals surface area contributed by atoms with Crippen LogP contribution >= 0.6 is 11.6 Å². The van der Waals surface area contributed by atoms with Crippen LogP contribution in [0, 0.1) is 0 Å².